The summed E-state index contributed by atoms with van der Waals surface area (Å²) in [5.74, 6) is 0.577. The zero-order chi connectivity index (χ0) is 13.1. The lowest BCUT2D eigenvalue weighted by atomic mass is 9.92. The molecule has 2 rings (SSSR count). The average molecular weight is 250 g/mol. The number of nitrogens with one attached hydrogen (secondary N) is 1. The summed E-state index contributed by atoms with van der Waals surface area (Å²) >= 11 is 0. The number of aromatic nitrogens is 1. The fourth-order valence-electron chi connectivity index (χ4n) is 2.26. The van der Waals surface area contributed by atoms with E-state index >= 15 is 0 Å². The van der Waals surface area contributed by atoms with Crippen LogP contribution in [0.25, 0.3) is 0 Å². The van der Waals surface area contributed by atoms with E-state index in [9.17, 15) is 10.1 Å². The number of anilines is 1. The second-order valence-electron chi connectivity index (χ2n) is 4.87. The first-order chi connectivity index (χ1) is 8.56. The molecule has 0 aliphatic heterocycles. The van der Waals surface area contributed by atoms with Crippen LogP contribution in [-0.2, 0) is 0 Å². The largest absolute Gasteiger partial charge is 0.367 e. The molecular formula is C12H18N4O2. The van der Waals surface area contributed by atoms with Crippen molar-refractivity contribution in [3.8, 4) is 0 Å². The van der Waals surface area contributed by atoms with Crippen LogP contribution in [0.1, 0.15) is 31.2 Å². The number of hydrogen-bond donors (Lipinski definition) is 2. The zero-order valence-corrected chi connectivity index (χ0v) is 10.4. The minimum absolute atomic E-state index is 0.111. The lowest BCUT2D eigenvalue weighted by Gasteiger charge is -2.27. The molecule has 1 heterocycles. The van der Waals surface area contributed by atoms with Crippen LogP contribution in [0.5, 0.6) is 0 Å². The second kappa shape index (κ2) is 5.30. The summed E-state index contributed by atoms with van der Waals surface area (Å²) in [4.78, 5) is 14.7. The van der Waals surface area contributed by atoms with Crippen molar-refractivity contribution < 1.29 is 4.92 Å². The third kappa shape index (κ3) is 2.95. The molecule has 1 aromatic heterocycles. The fraction of sp³-hybridized carbons (Fsp3) is 0.583. The normalized spacial score (nSPS) is 23.7. The summed E-state index contributed by atoms with van der Waals surface area (Å²) in [5, 5.41) is 14.1. The number of hydrogen-bond acceptors (Lipinski definition) is 5. The molecule has 98 valence electrons. The summed E-state index contributed by atoms with van der Waals surface area (Å²) in [6.07, 6.45) is 5.50. The third-order valence-electron chi connectivity index (χ3n) is 3.40. The molecule has 6 nitrogen and oxygen atoms in total. The number of nitro groups is 1. The van der Waals surface area contributed by atoms with Gasteiger partial charge in [-0.25, -0.2) is 4.98 Å². The molecule has 0 bridgehead atoms. The summed E-state index contributed by atoms with van der Waals surface area (Å²) in [7, 11) is 0. The van der Waals surface area contributed by atoms with Crippen molar-refractivity contribution in [1.29, 1.82) is 0 Å². The van der Waals surface area contributed by atoms with E-state index in [2.05, 4.69) is 10.3 Å². The molecule has 0 saturated heterocycles. The van der Waals surface area contributed by atoms with Crippen LogP contribution >= 0.6 is 0 Å². The maximum atomic E-state index is 10.8. The number of rotatable bonds is 3. The molecule has 1 aliphatic carbocycles. The van der Waals surface area contributed by atoms with Crippen molar-refractivity contribution >= 4 is 11.5 Å². The maximum absolute atomic E-state index is 10.8. The Morgan fingerprint density at radius 1 is 1.44 bits per heavy atom. The first-order valence-corrected chi connectivity index (χ1v) is 6.19. The van der Waals surface area contributed by atoms with Gasteiger partial charge in [0, 0.05) is 23.8 Å². The van der Waals surface area contributed by atoms with Gasteiger partial charge in [0.15, 0.2) is 0 Å². The highest BCUT2D eigenvalue weighted by molar-refractivity contribution is 5.49. The van der Waals surface area contributed by atoms with Crippen LogP contribution in [0.3, 0.4) is 0 Å². The molecule has 0 spiro atoms. The number of nitrogens with zero attached hydrogens (tertiary/aromatic N) is 2. The first-order valence-electron chi connectivity index (χ1n) is 6.19. The molecule has 1 aromatic rings. The Morgan fingerprint density at radius 3 is 2.72 bits per heavy atom. The van der Waals surface area contributed by atoms with E-state index in [0.717, 1.165) is 25.7 Å². The Hall–Kier alpha value is -1.69. The molecule has 3 N–H and O–H groups in total. The van der Waals surface area contributed by atoms with Gasteiger partial charge in [0.05, 0.1) is 11.0 Å². The number of aryl methyl sites for hydroxylation is 1. The molecule has 0 amide bonds. The molecule has 0 radical (unpaired) electrons. The van der Waals surface area contributed by atoms with Gasteiger partial charge in [-0.2, -0.15) is 0 Å². The van der Waals surface area contributed by atoms with Gasteiger partial charge in [0.2, 0.25) is 0 Å². The van der Waals surface area contributed by atoms with Crippen molar-refractivity contribution in [2.45, 2.75) is 44.7 Å². The van der Waals surface area contributed by atoms with Gasteiger partial charge in [0.1, 0.15) is 5.82 Å². The van der Waals surface area contributed by atoms with Gasteiger partial charge in [0.25, 0.3) is 5.69 Å². The first kappa shape index (κ1) is 12.8. The number of pyridine rings is 1. The van der Waals surface area contributed by atoms with E-state index in [0.29, 0.717) is 23.5 Å². The lowest BCUT2D eigenvalue weighted by Crippen LogP contribution is -2.33. The second-order valence-corrected chi connectivity index (χ2v) is 4.87. The molecule has 1 aliphatic rings. The van der Waals surface area contributed by atoms with Gasteiger partial charge >= 0.3 is 0 Å². The van der Waals surface area contributed by atoms with Crippen molar-refractivity contribution in [2.24, 2.45) is 5.73 Å². The fourth-order valence-corrected chi connectivity index (χ4v) is 2.26. The SMILES string of the molecule is Cc1cnc(NC2CCC(N)CC2)cc1[N+](=O)[O-]. The summed E-state index contributed by atoms with van der Waals surface area (Å²) in [6.45, 7) is 1.69. The van der Waals surface area contributed by atoms with E-state index < -0.39 is 0 Å². The minimum Gasteiger partial charge on any atom is -0.367 e. The molecule has 0 atom stereocenters. The quantitative estimate of drug-likeness (QED) is 0.632. The van der Waals surface area contributed by atoms with Crippen LogP contribution in [0.15, 0.2) is 12.3 Å². The van der Waals surface area contributed by atoms with Crippen molar-refractivity contribution in [3.63, 3.8) is 0 Å². The number of nitrogens with two attached hydrogens (primary N) is 1. The van der Waals surface area contributed by atoms with E-state index in [1.165, 1.54) is 12.3 Å². The van der Waals surface area contributed by atoms with E-state index in [1.807, 2.05) is 0 Å². The molecule has 0 aromatic carbocycles. The van der Waals surface area contributed by atoms with E-state index in [1.54, 1.807) is 6.92 Å². The van der Waals surface area contributed by atoms with Crippen molar-refractivity contribution in [2.75, 3.05) is 5.32 Å². The highest BCUT2D eigenvalue weighted by Crippen LogP contribution is 2.24. The standard InChI is InChI=1S/C12H18N4O2/c1-8-7-14-12(6-11(8)16(17)18)15-10-4-2-9(13)3-5-10/h6-7,9-10H,2-5,13H2,1H3,(H,14,15). The van der Waals surface area contributed by atoms with Crippen LogP contribution in [0.4, 0.5) is 11.5 Å². The summed E-state index contributed by atoms with van der Waals surface area (Å²) in [6, 6.07) is 2.12. The van der Waals surface area contributed by atoms with Crippen molar-refractivity contribution in [3.05, 3.63) is 27.9 Å². The van der Waals surface area contributed by atoms with E-state index in [-0.39, 0.29) is 10.6 Å². The Balaban J connectivity index is 2.05. The summed E-state index contributed by atoms with van der Waals surface area (Å²) in [5.41, 5.74) is 6.53. The molecule has 6 heteroatoms. The smallest absolute Gasteiger partial charge is 0.277 e. The molecule has 18 heavy (non-hydrogen) atoms. The minimum atomic E-state index is -0.376. The topological polar surface area (TPSA) is 94.1 Å². The van der Waals surface area contributed by atoms with Crippen LogP contribution in [0.2, 0.25) is 0 Å². The Labute approximate surface area is 106 Å². The Kier molecular flexibility index (Phi) is 3.76. The zero-order valence-electron chi connectivity index (χ0n) is 10.4. The predicted molar refractivity (Wildman–Crippen MR) is 69.5 cm³/mol. The van der Waals surface area contributed by atoms with E-state index in [4.69, 9.17) is 5.73 Å². The maximum Gasteiger partial charge on any atom is 0.277 e. The van der Waals surface area contributed by atoms with Gasteiger partial charge < -0.3 is 11.1 Å². The highest BCUT2D eigenvalue weighted by Gasteiger charge is 2.19. The molecular weight excluding hydrogens is 232 g/mol. The monoisotopic (exact) mass is 250 g/mol. The predicted octanol–water partition coefficient (Wildman–Crippen LogP) is 1.98. The van der Waals surface area contributed by atoms with Crippen LogP contribution in [0, 0.1) is 17.0 Å². The molecule has 0 unspecified atom stereocenters. The summed E-state index contributed by atoms with van der Waals surface area (Å²) < 4.78 is 0. The van der Waals surface area contributed by atoms with Gasteiger partial charge in [-0.05, 0) is 32.6 Å². The Bertz CT molecular complexity index is 442. The highest BCUT2D eigenvalue weighted by atomic mass is 16.6. The molecule has 1 saturated carbocycles. The third-order valence-corrected chi connectivity index (χ3v) is 3.40. The van der Waals surface area contributed by atoms with Crippen LogP contribution < -0.4 is 11.1 Å². The van der Waals surface area contributed by atoms with Gasteiger partial charge in [-0.1, -0.05) is 0 Å². The lowest BCUT2D eigenvalue weighted by molar-refractivity contribution is -0.385. The van der Waals surface area contributed by atoms with Gasteiger partial charge in [-0.15, -0.1) is 0 Å². The van der Waals surface area contributed by atoms with Crippen molar-refractivity contribution in [1.82, 2.24) is 4.98 Å². The van der Waals surface area contributed by atoms with Gasteiger partial charge in [-0.3, -0.25) is 10.1 Å². The Morgan fingerprint density at radius 2 is 2.11 bits per heavy atom. The van der Waals surface area contributed by atoms with Crippen LogP contribution in [-0.4, -0.2) is 22.0 Å². The molecule has 1 fully saturated rings. The average Bonchev–Trinajstić information content (AvgIpc) is 2.34.